The van der Waals surface area contributed by atoms with Gasteiger partial charge in [-0.15, -0.1) is 0 Å². The van der Waals surface area contributed by atoms with Gasteiger partial charge in [0.15, 0.2) is 0 Å². The van der Waals surface area contributed by atoms with E-state index >= 15 is 0 Å². The van der Waals surface area contributed by atoms with Gasteiger partial charge in [0.25, 0.3) is 10.0 Å². The van der Waals surface area contributed by atoms with Gasteiger partial charge in [-0.2, -0.15) is 0 Å². The number of aromatic nitrogens is 1. The fraction of sp³-hybridized carbons (Fsp3) is 0.0370. The summed E-state index contributed by atoms with van der Waals surface area (Å²) in [5.41, 5.74) is 1.29. The van der Waals surface area contributed by atoms with E-state index < -0.39 is 21.6 Å². The lowest BCUT2D eigenvalue weighted by molar-refractivity contribution is -0.110. The zero-order valence-electron chi connectivity index (χ0n) is 18.5. The molecule has 0 N–H and O–H groups in total. The Morgan fingerprint density at radius 3 is 2.09 bits per heavy atom. The molecule has 0 atom stereocenters. The molecule has 0 aliphatic heterocycles. The first-order valence-electron chi connectivity index (χ1n) is 10.6. The highest BCUT2D eigenvalue weighted by Gasteiger charge is 2.36. The number of carbonyl (C=O) groups excluding carboxylic acids is 2. The molecule has 8 heteroatoms. The van der Waals surface area contributed by atoms with Crippen LogP contribution in [-0.4, -0.2) is 31.1 Å². The third-order valence-corrected chi connectivity index (χ3v) is 8.30. The van der Waals surface area contributed by atoms with Crippen LogP contribution in [-0.2, 0) is 14.8 Å². The molecule has 0 fully saturated rings. The van der Waals surface area contributed by atoms with E-state index in [9.17, 15) is 18.0 Å². The number of Topliss-reactive ketones (excluding diaryl/α,β-unsaturated/α-hetero) is 1. The first-order chi connectivity index (χ1) is 16.9. The van der Waals surface area contributed by atoms with Crippen LogP contribution in [0.1, 0.15) is 16.1 Å². The standard InChI is InChI=1S/C27H19NO5S2/c1-33-19-12-14-20(15-13-19)34-24-16-23(29)27(30)25-22(18-8-4-2-5-9-18)17-28(26(24)25)35(31,32)21-10-6-3-7-11-21/h2-17H,1H3. The summed E-state index contributed by atoms with van der Waals surface area (Å²) >= 11 is 1.21. The van der Waals surface area contributed by atoms with Crippen molar-refractivity contribution in [1.82, 2.24) is 3.97 Å². The van der Waals surface area contributed by atoms with E-state index in [0.29, 0.717) is 21.8 Å². The number of nitrogens with zero attached hydrogens (tertiary/aromatic N) is 1. The minimum absolute atomic E-state index is 0.0792. The normalized spacial score (nSPS) is 13.3. The summed E-state index contributed by atoms with van der Waals surface area (Å²) in [5, 5.41) is 0. The Kier molecular flexibility index (Phi) is 5.92. The second-order valence-corrected chi connectivity index (χ2v) is 10.7. The van der Waals surface area contributed by atoms with Crippen LogP contribution in [0.25, 0.3) is 16.0 Å². The Bertz CT molecular complexity index is 1570. The van der Waals surface area contributed by atoms with Gasteiger partial charge in [-0.1, -0.05) is 60.3 Å². The molecule has 35 heavy (non-hydrogen) atoms. The lowest BCUT2D eigenvalue weighted by atomic mass is 9.94. The van der Waals surface area contributed by atoms with E-state index in [0.717, 1.165) is 8.87 Å². The Morgan fingerprint density at radius 1 is 0.829 bits per heavy atom. The van der Waals surface area contributed by atoms with Crippen molar-refractivity contribution in [3.05, 3.63) is 108 Å². The summed E-state index contributed by atoms with van der Waals surface area (Å²) in [6.07, 6.45) is 2.65. The molecule has 4 aromatic rings. The minimum Gasteiger partial charge on any atom is -0.497 e. The second kappa shape index (κ2) is 9.05. The number of methoxy groups -OCH3 is 1. The van der Waals surface area contributed by atoms with Crippen molar-refractivity contribution in [3.63, 3.8) is 0 Å². The van der Waals surface area contributed by atoms with Crippen molar-refractivity contribution < 1.29 is 22.7 Å². The molecule has 0 unspecified atom stereocenters. The van der Waals surface area contributed by atoms with Crippen LogP contribution in [0, 0.1) is 0 Å². The number of carbonyl (C=O) groups is 2. The lowest BCUT2D eigenvalue weighted by Gasteiger charge is -2.17. The van der Waals surface area contributed by atoms with Crippen molar-refractivity contribution in [2.24, 2.45) is 0 Å². The number of thioether (sulfide) groups is 1. The van der Waals surface area contributed by atoms with Gasteiger partial charge in [0.05, 0.1) is 23.3 Å². The molecule has 0 spiro atoms. The molecule has 174 valence electrons. The van der Waals surface area contributed by atoms with Crippen molar-refractivity contribution in [1.29, 1.82) is 0 Å². The Hall–Kier alpha value is -3.88. The zero-order chi connectivity index (χ0) is 24.6. The highest BCUT2D eigenvalue weighted by Crippen LogP contribution is 2.44. The maximum atomic E-state index is 13.7. The molecule has 0 saturated carbocycles. The maximum Gasteiger partial charge on any atom is 0.268 e. The monoisotopic (exact) mass is 501 g/mol. The van der Waals surface area contributed by atoms with E-state index in [1.165, 1.54) is 36.2 Å². The van der Waals surface area contributed by atoms with Gasteiger partial charge in [-0.25, -0.2) is 12.4 Å². The maximum absolute atomic E-state index is 13.7. The molecule has 0 amide bonds. The molecule has 1 aromatic heterocycles. The highest BCUT2D eigenvalue weighted by atomic mass is 32.2. The van der Waals surface area contributed by atoms with Crippen molar-refractivity contribution in [2.45, 2.75) is 9.79 Å². The molecule has 1 aliphatic carbocycles. The van der Waals surface area contributed by atoms with Crippen LogP contribution in [0.5, 0.6) is 5.75 Å². The Morgan fingerprint density at radius 2 is 1.46 bits per heavy atom. The first-order valence-corrected chi connectivity index (χ1v) is 12.9. The van der Waals surface area contributed by atoms with Crippen molar-refractivity contribution >= 4 is 38.3 Å². The summed E-state index contributed by atoms with van der Waals surface area (Å²) in [4.78, 5) is 27.1. The fourth-order valence-electron chi connectivity index (χ4n) is 3.90. The second-order valence-electron chi connectivity index (χ2n) is 7.73. The zero-order valence-corrected chi connectivity index (χ0v) is 20.2. The lowest BCUT2D eigenvalue weighted by Crippen LogP contribution is -2.22. The molecule has 1 aliphatic rings. The van der Waals surface area contributed by atoms with Crippen molar-refractivity contribution in [3.8, 4) is 16.9 Å². The average Bonchev–Trinajstić information content (AvgIpc) is 3.31. The van der Waals surface area contributed by atoms with E-state index in [4.69, 9.17) is 4.74 Å². The number of hydrogen-bond donors (Lipinski definition) is 0. The highest BCUT2D eigenvalue weighted by molar-refractivity contribution is 8.08. The van der Waals surface area contributed by atoms with Crippen LogP contribution in [0.4, 0.5) is 0 Å². The SMILES string of the molecule is COc1ccc(SC2=CC(=O)C(=O)c3c(-c4ccccc4)cn(S(=O)(=O)c4ccccc4)c32)cc1. The molecule has 3 aromatic carbocycles. The van der Waals surface area contributed by atoms with Crippen LogP contribution in [0.2, 0.25) is 0 Å². The number of hydrogen-bond acceptors (Lipinski definition) is 6. The topological polar surface area (TPSA) is 82.4 Å². The van der Waals surface area contributed by atoms with Gasteiger partial charge in [-0.3, -0.25) is 9.59 Å². The van der Waals surface area contributed by atoms with Gasteiger partial charge >= 0.3 is 0 Å². The smallest absolute Gasteiger partial charge is 0.268 e. The van der Waals surface area contributed by atoms with Crippen molar-refractivity contribution in [2.75, 3.05) is 7.11 Å². The third-order valence-electron chi connectivity index (χ3n) is 5.59. The number of fused-ring (bicyclic) bond motifs is 1. The predicted molar refractivity (Wildman–Crippen MR) is 135 cm³/mol. The summed E-state index contributed by atoms with van der Waals surface area (Å²) in [6, 6.07) is 24.1. The van der Waals surface area contributed by atoms with Crippen LogP contribution < -0.4 is 4.74 Å². The number of ether oxygens (including phenoxy) is 1. The molecular formula is C27H19NO5S2. The Labute approximate surface area is 206 Å². The van der Waals surface area contributed by atoms with Gasteiger partial charge in [-0.05, 0) is 42.0 Å². The molecule has 1 heterocycles. The third kappa shape index (κ3) is 4.11. The minimum atomic E-state index is -4.07. The van der Waals surface area contributed by atoms with Gasteiger partial charge in [0.1, 0.15) is 5.75 Å². The number of benzene rings is 3. The molecule has 0 radical (unpaired) electrons. The largest absolute Gasteiger partial charge is 0.497 e. The molecule has 5 rings (SSSR count). The quantitative estimate of drug-likeness (QED) is 0.334. The number of ketones is 2. The summed E-state index contributed by atoms with van der Waals surface area (Å²) in [6.45, 7) is 0. The van der Waals surface area contributed by atoms with Gasteiger partial charge < -0.3 is 4.74 Å². The van der Waals surface area contributed by atoms with Crippen LogP contribution >= 0.6 is 11.8 Å². The number of rotatable bonds is 6. The number of allylic oxidation sites excluding steroid dienone is 1. The van der Waals surface area contributed by atoms with Crippen LogP contribution in [0.15, 0.2) is 107 Å². The predicted octanol–water partition coefficient (Wildman–Crippen LogP) is 5.30. The van der Waals surface area contributed by atoms with Gasteiger partial charge in [0, 0.05) is 27.6 Å². The van der Waals surface area contributed by atoms with E-state index in [1.807, 2.05) is 18.2 Å². The Balaban J connectivity index is 1.75. The summed E-state index contributed by atoms with van der Waals surface area (Å²) in [7, 11) is -2.50. The summed E-state index contributed by atoms with van der Waals surface area (Å²) in [5.74, 6) is -0.763. The van der Waals surface area contributed by atoms with E-state index in [1.54, 1.807) is 61.7 Å². The van der Waals surface area contributed by atoms with Crippen LogP contribution in [0.3, 0.4) is 0 Å². The van der Waals surface area contributed by atoms with E-state index in [-0.39, 0.29) is 16.2 Å². The fourth-order valence-corrected chi connectivity index (χ4v) is 6.35. The first kappa shape index (κ1) is 22.9. The molecule has 0 saturated heterocycles. The molecular weight excluding hydrogens is 482 g/mol. The summed E-state index contributed by atoms with van der Waals surface area (Å²) < 4.78 is 33.8. The van der Waals surface area contributed by atoms with E-state index in [2.05, 4.69) is 0 Å². The molecule has 6 nitrogen and oxygen atoms in total. The van der Waals surface area contributed by atoms with Gasteiger partial charge in [0.2, 0.25) is 11.6 Å². The molecule has 0 bridgehead atoms. The average molecular weight is 502 g/mol.